The number of nitrogens with zero attached hydrogens (tertiary/aromatic N) is 1. The standard InChI is InChI=1S/C32H28BrF3N4O4S/c33-24-17-26-25(16-23(24)32(34,35)36)38-31(45-26)40-30(44)39-28(22-9-5-4-8-21(22)18-6-2-1-3-7-18)19-10-12-20(13-11-19)29(43)37-15-14-27(41)42/h1-2,4-5,8-13,16-18,28H,3,6-7,14-15H2,(H,37,43)(H,41,42)(H2,38,39,40,44). The summed E-state index contributed by atoms with van der Waals surface area (Å²) < 4.78 is 40.5. The van der Waals surface area contributed by atoms with Gasteiger partial charge in [0.25, 0.3) is 5.91 Å². The minimum Gasteiger partial charge on any atom is -0.481 e. The van der Waals surface area contributed by atoms with Crippen molar-refractivity contribution in [2.45, 2.75) is 43.8 Å². The summed E-state index contributed by atoms with van der Waals surface area (Å²) in [4.78, 5) is 40.9. The maximum Gasteiger partial charge on any atom is 0.417 e. The number of carboxylic acids is 1. The summed E-state index contributed by atoms with van der Waals surface area (Å²) in [6.07, 6.45) is 2.27. The predicted molar refractivity (Wildman–Crippen MR) is 170 cm³/mol. The first kappa shape index (κ1) is 32.2. The van der Waals surface area contributed by atoms with Crippen LogP contribution in [-0.4, -0.2) is 34.5 Å². The number of carbonyl (C=O) groups is 3. The number of allylic oxidation sites excluding steroid dienone is 2. The smallest absolute Gasteiger partial charge is 0.417 e. The Bertz CT molecular complexity index is 1760. The van der Waals surface area contributed by atoms with E-state index < -0.39 is 35.7 Å². The van der Waals surface area contributed by atoms with Gasteiger partial charge in [0.2, 0.25) is 0 Å². The topological polar surface area (TPSA) is 120 Å². The molecular formula is C32H28BrF3N4O4S. The normalized spacial score (nSPS) is 15.4. The molecule has 8 nitrogen and oxygen atoms in total. The number of urea groups is 1. The molecule has 1 aliphatic rings. The van der Waals surface area contributed by atoms with Gasteiger partial charge in [0.15, 0.2) is 5.13 Å². The SMILES string of the molecule is O=C(O)CCNC(=O)c1ccc(C(NC(=O)Nc2nc3cc(C(F)(F)F)c(Br)cc3s2)c2ccccc2C2CC=CCC2)cc1. The summed E-state index contributed by atoms with van der Waals surface area (Å²) in [6, 6.07) is 15.5. The van der Waals surface area contributed by atoms with Crippen LogP contribution < -0.4 is 16.0 Å². The zero-order valence-electron chi connectivity index (χ0n) is 23.7. The third kappa shape index (κ3) is 7.90. The Labute approximate surface area is 268 Å². The predicted octanol–water partition coefficient (Wildman–Crippen LogP) is 8.02. The number of anilines is 1. The van der Waals surface area contributed by atoms with Crippen molar-refractivity contribution in [3.05, 3.63) is 105 Å². The maximum absolute atomic E-state index is 13.4. The van der Waals surface area contributed by atoms with E-state index in [1.54, 1.807) is 24.3 Å². The zero-order chi connectivity index (χ0) is 32.1. The molecule has 5 rings (SSSR count). The molecule has 4 N–H and O–H groups in total. The van der Waals surface area contributed by atoms with E-state index in [-0.39, 0.29) is 34.0 Å². The van der Waals surface area contributed by atoms with Gasteiger partial charge >= 0.3 is 18.2 Å². The zero-order valence-corrected chi connectivity index (χ0v) is 26.1. The number of hydrogen-bond donors (Lipinski definition) is 4. The van der Waals surface area contributed by atoms with Crippen LogP contribution in [0.3, 0.4) is 0 Å². The fourth-order valence-electron chi connectivity index (χ4n) is 5.26. The number of carboxylic acid groups (broad SMARTS) is 1. The Morgan fingerprint density at radius 2 is 1.82 bits per heavy atom. The van der Waals surface area contributed by atoms with Gasteiger partial charge in [-0.15, -0.1) is 0 Å². The molecule has 1 aromatic heterocycles. The minimum atomic E-state index is -4.56. The molecule has 234 valence electrons. The number of nitrogens with one attached hydrogen (secondary N) is 3. The van der Waals surface area contributed by atoms with Crippen LogP contribution in [0.2, 0.25) is 0 Å². The van der Waals surface area contributed by atoms with Crippen molar-refractivity contribution in [2.24, 2.45) is 0 Å². The molecule has 1 aliphatic carbocycles. The van der Waals surface area contributed by atoms with E-state index in [2.05, 4.69) is 49.0 Å². The molecule has 0 radical (unpaired) electrons. The van der Waals surface area contributed by atoms with E-state index >= 15 is 0 Å². The third-order valence-corrected chi connectivity index (χ3v) is 9.01. The second kappa shape index (κ2) is 13.8. The van der Waals surface area contributed by atoms with Gasteiger partial charge in [0, 0.05) is 16.6 Å². The van der Waals surface area contributed by atoms with Gasteiger partial charge in [-0.3, -0.25) is 14.9 Å². The van der Waals surface area contributed by atoms with E-state index in [1.165, 1.54) is 6.07 Å². The lowest BCUT2D eigenvalue weighted by atomic mass is 9.82. The quantitative estimate of drug-likeness (QED) is 0.132. The average molecular weight is 702 g/mol. The van der Waals surface area contributed by atoms with Crippen LogP contribution in [0.5, 0.6) is 0 Å². The number of carbonyl (C=O) groups excluding carboxylic acids is 2. The van der Waals surface area contributed by atoms with Gasteiger partial charge in [-0.25, -0.2) is 9.78 Å². The molecule has 4 aromatic rings. The number of fused-ring (bicyclic) bond motifs is 1. The number of benzene rings is 3. The Morgan fingerprint density at radius 1 is 1.07 bits per heavy atom. The van der Waals surface area contributed by atoms with Crippen molar-refractivity contribution in [3.63, 3.8) is 0 Å². The highest BCUT2D eigenvalue weighted by Gasteiger charge is 2.34. The molecule has 2 atom stereocenters. The van der Waals surface area contributed by atoms with Crippen LogP contribution in [0.4, 0.5) is 23.1 Å². The van der Waals surface area contributed by atoms with Crippen LogP contribution in [0.25, 0.3) is 10.2 Å². The molecule has 0 bridgehead atoms. The molecule has 13 heteroatoms. The first-order valence-corrected chi connectivity index (χ1v) is 15.7. The number of aliphatic carboxylic acids is 1. The van der Waals surface area contributed by atoms with Gasteiger partial charge in [0.1, 0.15) is 0 Å². The fourth-order valence-corrected chi connectivity index (χ4v) is 6.86. The second-order valence-electron chi connectivity index (χ2n) is 10.5. The number of rotatable bonds is 9. The van der Waals surface area contributed by atoms with E-state index in [1.807, 2.05) is 24.3 Å². The lowest BCUT2D eigenvalue weighted by molar-refractivity contribution is -0.138. The van der Waals surface area contributed by atoms with Crippen LogP contribution in [0.1, 0.15) is 70.3 Å². The van der Waals surface area contributed by atoms with Crippen LogP contribution >= 0.6 is 27.3 Å². The van der Waals surface area contributed by atoms with Crippen molar-refractivity contribution in [3.8, 4) is 0 Å². The molecule has 3 amide bonds. The van der Waals surface area contributed by atoms with Crippen molar-refractivity contribution in [1.82, 2.24) is 15.6 Å². The van der Waals surface area contributed by atoms with Gasteiger partial charge in [0.05, 0.1) is 28.2 Å². The lowest BCUT2D eigenvalue weighted by Gasteiger charge is -2.27. The molecule has 0 saturated heterocycles. The number of halogens is 4. The third-order valence-electron chi connectivity index (χ3n) is 7.43. The van der Waals surface area contributed by atoms with E-state index in [4.69, 9.17) is 5.11 Å². The van der Waals surface area contributed by atoms with Crippen molar-refractivity contribution in [2.75, 3.05) is 11.9 Å². The van der Waals surface area contributed by atoms with Crippen LogP contribution in [0.15, 0.2) is 77.3 Å². The molecular weight excluding hydrogens is 673 g/mol. The van der Waals surface area contributed by atoms with Gasteiger partial charge in [-0.1, -0.05) is 75.8 Å². The Kier molecular flexibility index (Phi) is 9.88. The fraction of sp³-hybridized carbons (Fsp3) is 0.250. The van der Waals surface area contributed by atoms with Crippen LogP contribution in [0, 0.1) is 0 Å². The summed E-state index contributed by atoms with van der Waals surface area (Å²) in [5.41, 5.74) is 2.22. The summed E-state index contributed by atoms with van der Waals surface area (Å²) in [6.45, 7) is -0.0102. The molecule has 0 spiro atoms. The van der Waals surface area contributed by atoms with Gasteiger partial charge in [-0.2, -0.15) is 13.2 Å². The van der Waals surface area contributed by atoms with Crippen molar-refractivity contribution in [1.29, 1.82) is 0 Å². The second-order valence-corrected chi connectivity index (χ2v) is 12.4. The Balaban J connectivity index is 1.42. The summed E-state index contributed by atoms with van der Waals surface area (Å²) >= 11 is 4.02. The number of aromatic nitrogens is 1. The Morgan fingerprint density at radius 3 is 2.51 bits per heavy atom. The number of amides is 3. The summed E-state index contributed by atoms with van der Waals surface area (Å²) in [7, 11) is 0. The maximum atomic E-state index is 13.4. The van der Waals surface area contributed by atoms with Crippen molar-refractivity contribution >= 4 is 60.5 Å². The highest BCUT2D eigenvalue weighted by atomic mass is 79.9. The van der Waals surface area contributed by atoms with Crippen molar-refractivity contribution < 1.29 is 32.7 Å². The Hall–Kier alpha value is -4.23. The summed E-state index contributed by atoms with van der Waals surface area (Å²) in [5, 5.41) is 17.2. The molecule has 45 heavy (non-hydrogen) atoms. The molecule has 2 unspecified atom stereocenters. The lowest BCUT2D eigenvalue weighted by Crippen LogP contribution is -2.34. The van der Waals surface area contributed by atoms with Crippen LogP contribution in [-0.2, 0) is 11.0 Å². The number of thiazole rings is 1. The van der Waals surface area contributed by atoms with E-state index in [0.29, 0.717) is 15.8 Å². The number of alkyl halides is 3. The molecule has 1 heterocycles. The molecule has 0 saturated carbocycles. The van der Waals surface area contributed by atoms with Gasteiger partial charge in [-0.05, 0) is 66.1 Å². The summed E-state index contributed by atoms with van der Waals surface area (Å²) in [5.74, 6) is -1.20. The first-order valence-electron chi connectivity index (χ1n) is 14.1. The minimum absolute atomic E-state index is 0.0102. The monoisotopic (exact) mass is 700 g/mol. The van der Waals surface area contributed by atoms with E-state index in [9.17, 15) is 27.6 Å². The average Bonchev–Trinajstić information content (AvgIpc) is 3.40. The number of hydrogen-bond acceptors (Lipinski definition) is 5. The highest BCUT2D eigenvalue weighted by molar-refractivity contribution is 9.10. The largest absolute Gasteiger partial charge is 0.481 e. The molecule has 3 aromatic carbocycles. The molecule has 0 fully saturated rings. The molecule has 0 aliphatic heterocycles. The van der Waals surface area contributed by atoms with E-state index in [0.717, 1.165) is 47.8 Å². The first-order chi connectivity index (χ1) is 21.5. The highest BCUT2D eigenvalue weighted by Crippen LogP contribution is 2.40. The van der Waals surface area contributed by atoms with Gasteiger partial charge < -0.3 is 15.7 Å².